The molecule has 1 aromatic carbocycles. The third-order valence-electron chi connectivity index (χ3n) is 9.43. The number of aromatic nitrogens is 2. The van der Waals surface area contributed by atoms with Crippen LogP contribution in [0.1, 0.15) is 56.9 Å². The van der Waals surface area contributed by atoms with Gasteiger partial charge in [-0.2, -0.15) is 0 Å². The zero-order valence-corrected chi connectivity index (χ0v) is 26.8. The molecule has 2 aromatic rings. The number of nitrogens with one attached hydrogen (secondary N) is 1. The fourth-order valence-electron chi connectivity index (χ4n) is 6.89. The minimum Gasteiger partial charge on any atom is -0.444 e. The van der Waals surface area contributed by atoms with Crippen molar-refractivity contribution in [1.82, 2.24) is 24.7 Å². The van der Waals surface area contributed by atoms with E-state index in [0.29, 0.717) is 18.2 Å². The van der Waals surface area contributed by atoms with Crippen LogP contribution < -0.4 is 20.9 Å². The molecule has 4 saturated heterocycles. The molecule has 1 spiro atoms. The Bertz CT molecular complexity index is 1430. The second kappa shape index (κ2) is 11.9. The number of hydrogen-bond donors (Lipinski definition) is 2. The van der Waals surface area contributed by atoms with Gasteiger partial charge in [-0.05, 0) is 70.7 Å². The van der Waals surface area contributed by atoms with Gasteiger partial charge in [0.2, 0.25) is 0 Å². The van der Waals surface area contributed by atoms with Crippen LogP contribution in [0.25, 0.3) is 0 Å². The molecule has 6 rings (SSSR count). The zero-order valence-electron chi connectivity index (χ0n) is 26.8. The Balaban J connectivity index is 1.07. The fourth-order valence-corrected chi connectivity index (χ4v) is 6.89. The van der Waals surface area contributed by atoms with Crippen LogP contribution in [-0.2, 0) is 4.74 Å². The van der Waals surface area contributed by atoms with E-state index < -0.39 is 11.5 Å². The Morgan fingerprint density at radius 3 is 2.36 bits per heavy atom. The molecule has 13 heteroatoms. The second-order valence-electron chi connectivity index (χ2n) is 13.9. The third-order valence-corrected chi connectivity index (χ3v) is 9.43. The first-order valence-electron chi connectivity index (χ1n) is 15.9. The lowest BCUT2D eigenvalue weighted by Crippen LogP contribution is -2.62. The Morgan fingerprint density at radius 1 is 1.02 bits per heavy atom. The van der Waals surface area contributed by atoms with Crippen molar-refractivity contribution in [1.29, 1.82) is 0 Å². The Labute approximate surface area is 264 Å². The number of piperidine rings is 2. The molecule has 4 amide bonds. The first-order valence-corrected chi connectivity index (χ1v) is 15.9. The highest BCUT2D eigenvalue weighted by atomic mass is 16.6. The summed E-state index contributed by atoms with van der Waals surface area (Å²) in [7, 11) is 1.83. The maximum Gasteiger partial charge on any atom is 0.410 e. The maximum absolute atomic E-state index is 12.6. The molecule has 242 valence electrons. The van der Waals surface area contributed by atoms with Crippen molar-refractivity contribution in [3.63, 3.8) is 0 Å². The van der Waals surface area contributed by atoms with Crippen LogP contribution in [0.4, 0.5) is 32.6 Å². The summed E-state index contributed by atoms with van der Waals surface area (Å²) < 4.78 is 5.53. The first-order chi connectivity index (χ1) is 21.4. The molecule has 13 nitrogen and oxygen atoms in total. The number of anilines is 4. The van der Waals surface area contributed by atoms with Crippen LogP contribution >= 0.6 is 0 Å². The normalized spacial score (nSPS) is 21.6. The molecule has 0 radical (unpaired) electrons. The quantitative estimate of drug-likeness (QED) is 0.497. The van der Waals surface area contributed by atoms with E-state index >= 15 is 0 Å². The Morgan fingerprint density at radius 2 is 1.73 bits per heavy atom. The van der Waals surface area contributed by atoms with Crippen molar-refractivity contribution in [3.8, 4) is 0 Å². The van der Waals surface area contributed by atoms with Crippen molar-refractivity contribution in [3.05, 3.63) is 36.2 Å². The van der Waals surface area contributed by atoms with E-state index in [1.165, 1.54) is 0 Å². The fraction of sp³-hybridized carbons (Fsp3) is 0.594. The van der Waals surface area contributed by atoms with E-state index in [2.05, 4.69) is 32.2 Å². The number of ether oxygens (including phenoxy) is 1. The van der Waals surface area contributed by atoms with E-state index in [4.69, 9.17) is 15.5 Å². The summed E-state index contributed by atoms with van der Waals surface area (Å²) in [6.45, 7) is 12.0. The van der Waals surface area contributed by atoms with Crippen molar-refractivity contribution < 1.29 is 19.1 Å². The highest BCUT2D eigenvalue weighted by Crippen LogP contribution is 2.42. The van der Waals surface area contributed by atoms with Gasteiger partial charge in [-0.15, -0.1) is 0 Å². The summed E-state index contributed by atoms with van der Waals surface area (Å²) in [5, 5.41) is 3.27. The number of urea groups is 1. The van der Waals surface area contributed by atoms with E-state index in [0.717, 1.165) is 82.9 Å². The Hall–Kier alpha value is -4.29. The molecule has 4 aliphatic rings. The summed E-state index contributed by atoms with van der Waals surface area (Å²) in [6, 6.07) is 8.25. The van der Waals surface area contributed by atoms with E-state index in [1.54, 1.807) is 11.1 Å². The smallest absolute Gasteiger partial charge is 0.410 e. The lowest BCUT2D eigenvalue weighted by Gasteiger charge is -2.54. The minimum atomic E-state index is -0.654. The highest BCUT2D eigenvalue weighted by molar-refractivity contribution is 5.96. The molecule has 3 N–H and O–H groups in total. The largest absolute Gasteiger partial charge is 0.444 e. The number of carbonyl (C=O) groups is 3. The maximum atomic E-state index is 12.6. The lowest BCUT2D eigenvalue weighted by molar-refractivity contribution is -0.0434. The van der Waals surface area contributed by atoms with E-state index in [1.807, 2.05) is 49.8 Å². The number of primary amides is 1. The molecular formula is C32H45N9O4. The van der Waals surface area contributed by atoms with Gasteiger partial charge in [0.25, 0.3) is 5.91 Å². The van der Waals surface area contributed by atoms with Gasteiger partial charge in [0.05, 0.1) is 12.2 Å². The number of likely N-dealkylation sites (tertiary alicyclic amines) is 1. The van der Waals surface area contributed by atoms with Crippen molar-refractivity contribution in [2.75, 3.05) is 74.5 Å². The molecule has 0 aliphatic carbocycles. The van der Waals surface area contributed by atoms with Crippen molar-refractivity contribution in [2.45, 2.75) is 58.1 Å². The predicted octanol–water partition coefficient (Wildman–Crippen LogP) is 3.49. The van der Waals surface area contributed by atoms with Gasteiger partial charge in [0, 0.05) is 76.2 Å². The number of rotatable bonds is 6. The number of benzene rings is 1. The molecule has 0 unspecified atom stereocenters. The number of carbonyl (C=O) groups excluding carboxylic acids is 3. The van der Waals surface area contributed by atoms with Crippen molar-refractivity contribution in [2.24, 2.45) is 11.1 Å². The lowest BCUT2D eigenvalue weighted by atomic mass is 9.72. The van der Waals surface area contributed by atoms with E-state index in [-0.39, 0.29) is 29.3 Å². The monoisotopic (exact) mass is 619 g/mol. The average molecular weight is 620 g/mol. The summed E-state index contributed by atoms with van der Waals surface area (Å²) >= 11 is 0. The molecular weight excluding hydrogens is 574 g/mol. The van der Waals surface area contributed by atoms with Gasteiger partial charge in [-0.3, -0.25) is 4.79 Å². The van der Waals surface area contributed by atoms with Gasteiger partial charge >= 0.3 is 12.1 Å². The van der Waals surface area contributed by atoms with Crippen LogP contribution in [0.15, 0.2) is 30.5 Å². The number of amides is 4. The van der Waals surface area contributed by atoms with Gasteiger partial charge in [-0.25, -0.2) is 19.6 Å². The summed E-state index contributed by atoms with van der Waals surface area (Å²) in [5.41, 5.74) is 7.33. The van der Waals surface area contributed by atoms with Crippen LogP contribution in [0.2, 0.25) is 0 Å². The Kier molecular flexibility index (Phi) is 8.13. The van der Waals surface area contributed by atoms with Crippen LogP contribution in [-0.4, -0.2) is 114 Å². The van der Waals surface area contributed by atoms with Gasteiger partial charge in [-0.1, -0.05) is 0 Å². The number of nitrogens with zero attached hydrogens (tertiary/aromatic N) is 7. The zero-order chi connectivity index (χ0) is 31.9. The van der Waals surface area contributed by atoms with Crippen molar-refractivity contribution >= 4 is 41.0 Å². The van der Waals surface area contributed by atoms with Crippen LogP contribution in [0.5, 0.6) is 0 Å². The first kappa shape index (κ1) is 30.7. The predicted molar refractivity (Wildman–Crippen MR) is 172 cm³/mol. The average Bonchev–Trinajstić information content (AvgIpc) is 3.33. The minimum absolute atomic E-state index is 0.0692. The number of likely N-dealkylation sites (N-methyl/N-ethyl adjacent to an activating group) is 1. The molecule has 4 aliphatic heterocycles. The molecule has 45 heavy (non-hydrogen) atoms. The molecule has 0 saturated carbocycles. The SMILES string of the molecule is CN1CCN([C@@H]2CCCN(c3cnc(C(N)=O)c(Nc4ccc(N5CCC6(CC5)CN(C(=O)OC(C)(C)C)C6)cc4)n3)C2)C1=O. The molecule has 1 aromatic heterocycles. The standard InChI is InChI=1S/C32H45N9O4/c1-31(2,3)45-30(44)40-20-32(21-40)11-14-38(15-12-32)23-9-7-22(8-10-23)35-28-26(27(33)42)34-18-25(36-28)39-13-5-6-24(19-39)41-17-16-37(4)29(41)43/h7-10,18,24H,5-6,11-17,19-21H2,1-4H3,(H2,33,42)(H,35,36)/t24-/m1/s1. The summed E-state index contributed by atoms with van der Waals surface area (Å²) in [4.78, 5) is 56.4. The van der Waals surface area contributed by atoms with E-state index in [9.17, 15) is 14.4 Å². The molecule has 0 bridgehead atoms. The van der Waals surface area contributed by atoms with Gasteiger partial charge in [0.1, 0.15) is 11.4 Å². The third kappa shape index (κ3) is 6.57. The molecule has 1 atom stereocenters. The summed E-state index contributed by atoms with van der Waals surface area (Å²) in [6.07, 6.45) is 5.30. The van der Waals surface area contributed by atoms with Crippen LogP contribution in [0, 0.1) is 5.41 Å². The summed E-state index contributed by atoms with van der Waals surface area (Å²) in [5.74, 6) is 0.303. The number of hydrogen-bond acceptors (Lipinski definition) is 9. The molecule has 5 heterocycles. The number of nitrogens with two attached hydrogens (primary N) is 1. The van der Waals surface area contributed by atoms with Gasteiger partial charge < -0.3 is 40.3 Å². The van der Waals surface area contributed by atoms with Crippen LogP contribution in [0.3, 0.4) is 0 Å². The highest BCUT2D eigenvalue weighted by Gasteiger charge is 2.47. The van der Waals surface area contributed by atoms with Gasteiger partial charge in [0.15, 0.2) is 11.5 Å². The topological polar surface area (TPSA) is 140 Å². The molecule has 4 fully saturated rings. The second-order valence-corrected chi connectivity index (χ2v) is 13.9.